The number of anilines is 2. The van der Waals surface area contributed by atoms with Crippen molar-refractivity contribution in [2.45, 2.75) is 39.0 Å². The fourth-order valence-corrected chi connectivity index (χ4v) is 5.36. The van der Waals surface area contributed by atoms with Crippen molar-refractivity contribution in [3.8, 4) is 11.3 Å². The van der Waals surface area contributed by atoms with Gasteiger partial charge in [-0.25, -0.2) is 9.97 Å². The highest BCUT2D eigenvalue weighted by atomic mass is 16.2. The van der Waals surface area contributed by atoms with E-state index >= 15 is 0 Å². The van der Waals surface area contributed by atoms with E-state index in [1.807, 2.05) is 40.8 Å². The molecule has 0 bridgehead atoms. The molecule has 0 radical (unpaired) electrons. The monoisotopic (exact) mass is 484 g/mol. The van der Waals surface area contributed by atoms with Gasteiger partial charge in [0, 0.05) is 42.9 Å². The standard InChI is InChI=1S/C28H32N6O2/c1-17(2)27(35)32-21-12-10-19(11-13-21)24-22(23-25(29)30-16-31-26(23)33(24)3)18-6-8-20(9-7-18)28(36)34-14-4-5-15-34/h6,10-13,16,20H,1,4-5,7-9,14-15H2,2-3H3,(H,32,35)(H2,29,30,31)/t20-/m0/s1. The Bertz CT molecular complexity index is 1380. The number of allylic oxidation sites excluding steroid dienone is 2. The summed E-state index contributed by atoms with van der Waals surface area (Å²) in [5.74, 6) is 0.561. The number of nitrogens with one attached hydrogen (secondary N) is 1. The van der Waals surface area contributed by atoms with Gasteiger partial charge < -0.3 is 20.5 Å². The zero-order chi connectivity index (χ0) is 25.4. The molecular weight excluding hydrogens is 452 g/mol. The van der Waals surface area contributed by atoms with Gasteiger partial charge >= 0.3 is 0 Å². The maximum Gasteiger partial charge on any atom is 0.250 e. The lowest BCUT2D eigenvalue weighted by molar-refractivity contribution is -0.134. The van der Waals surface area contributed by atoms with Crippen molar-refractivity contribution in [1.82, 2.24) is 19.4 Å². The zero-order valence-electron chi connectivity index (χ0n) is 20.9. The van der Waals surface area contributed by atoms with Gasteiger partial charge in [0.05, 0.1) is 11.1 Å². The van der Waals surface area contributed by atoms with Crippen LogP contribution in [-0.4, -0.2) is 44.3 Å². The Morgan fingerprint density at radius 2 is 1.86 bits per heavy atom. The van der Waals surface area contributed by atoms with E-state index in [9.17, 15) is 9.59 Å². The van der Waals surface area contributed by atoms with E-state index in [0.29, 0.717) is 17.1 Å². The molecule has 36 heavy (non-hydrogen) atoms. The molecule has 0 unspecified atom stereocenters. The van der Waals surface area contributed by atoms with Gasteiger partial charge in [-0.3, -0.25) is 9.59 Å². The second-order valence-corrected chi connectivity index (χ2v) is 9.79. The summed E-state index contributed by atoms with van der Waals surface area (Å²) < 4.78 is 2.05. The fourth-order valence-electron chi connectivity index (χ4n) is 5.36. The smallest absolute Gasteiger partial charge is 0.250 e. The number of rotatable bonds is 5. The number of nitrogens with two attached hydrogens (primary N) is 1. The molecule has 3 N–H and O–H groups in total. The van der Waals surface area contributed by atoms with Crippen LogP contribution < -0.4 is 11.1 Å². The zero-order valence-corrected chi connectivity index (χ0v) is 20.9. The molecule has 186 valence electrons. The molecular formula is C28H32N6O2. The summed E-state index contributed by atoms with van der Waals surface area (Å²) in [5.41, 5.74) is 12.5. The molecule has 1 saturated heterocycles. The number of nitrogens with zero attached hydrogens (tertiary/aromatic N) is 4. The number of likely N-dealkylation sites (tertiary alicyclic amines) is 1. The van der Waals surface area contributed by atoms with E-state index in [2.05, 4.69) is 27.9 Å². The fraction of sp³-hybridized carbons (Fsp3) is 0.357. The van der Waals surface area contributed by atoms with E-state index in [-0.39, 0.29) is 17.7 Å². The Kier molecular flexibility index (Phi) is 6.35. The van der Waals surface area contributed by atoms with Crippen molar-refractivity contribution in [3.63, 3.8) is 0 Å². The molecule has 3 heterocycles. The molecule has 5 rings (SSSR count). The number of fused-ring (bicyclic) bond motifs is 1. The molecule has 2 aromatic heterocycles. The van der Waals surface area contributed by atoms with E-state index < -0.39 is 0 Å². The molecule has 1 atom stereocenters. The molecule has 1 aliphatic heterocycles. The molecule has 0 spiro atoms. The number of nitrogen functional groups attached to an aromatic ring is 1. The molecule has 2 aliphatic rings. The highest BCUT2D eigenvalue weighted by Gasteiger charge is 2.30. The maximum absolute atomic E-state index is 13.0. The number of aryl methyl sites for hydroxylation is 1. The molecule has 1 aromatic carbocycles. The van der Waals surface area contributed by atoms with Crippen LogP contribution in [0.3, 0.4) is 0 Å². The lowest BCUT2D eigenvalue weighted by Crippen LogP contribution is -2.34. The van der Waals surface area contributed by atoms with E-state index in [0.717, 1.165) is 73.0 Å². The number of amides is 2. The largest absolute Gasteiger partial charge is 0.383 e. The Hall–Kier alpha value is -3.94. The third-order valence-corrected chi connectivity index (χ3v) is 7.30. The first-order chi connectivity index (χ1) is 17.3. The van der Waals surface area contributed by atoms with Gasteiger partial charge in [0.1, 0.15) is 17.8 Å². The normalized spacial score (nSPS) is 17.8. The first-order valence-electron chi connectivity index (χ1n) is 12.5. The Morgan fingerprint density at radius 3 is 2.50 bits per heavy atom. The van der Waals surface area contributed by atoms with Crippen LogP contribution in [0.5, 0.6) is 0 Å². The lowest BCUT2D eigenvalue weighted by atomic mass is 9.84. The Labute approximate surface area is 210 Å². The van der Waals surface area contributed by atoms with Crippen molar-refractivity contribution in [1.29, 1.82) is 0 Å². The summed E-state index contributed by atoms with van der Waals surface area (Å²) in [4.78, 5) is 35.8. The summed E-state index contributed by atoms with van der Waals surface area (Å²) in [6.45, 7) is 7.14. The second-order valence-electron chi connectivity index (χ2n) is 9.79. The van der Waals surface area contributed by atoms with Crippen LogP contribution in [0.1, 0.15) is 44.6 Å². The average Bonchev–Trinajstić information content (AvgIpc) is 3.52. The van der Waals surface area contributed by atoms with Crippen LogP contribution in [-0.2, 0) is 16.6 Å². The number of aromatic nitrogens is 3. The van der Waals surface area contributed by atoms with Crippen LogP contribution in [0.25, 0.3) is 27.9 Å². The van der Waals surface area contributed by atoms with Gasteiger partial charge in [0.2, 0.25) is 5.91 Å². The van der Waals surface area contributed by atoms with Crippen molar-refractivity contribution >= 4 is 39.9 Å². The van der Waals surface area contributed by atoms with Gasteiger partial charge in [-0.05, 0) is 62.3 Å². The molecule has 8 heteroatoms. The van der Waals surface area contributed by atoms with Gasteiger partial charge in [-0.15, -0.1) is 0 Å². The minimum absolute atomic E-state index is 0.0371. The number of hydrogen-bond donors (Lipinski definition) is 2. The third kappa shape index (κ3) is 4.27. The predicted octanol–water partition coefficient (Wildman–Crippen LogP) is 4.54. The van der Waals surface area contributed by atoms with Gasteiger partial charge in [-0.1, -0.05) is 24.8 Å². The van der Waals surface area contributed by atoms with Crippen LogP contribution in [0.4, 0.5) is 11.5 Å². The number of hydrogen-bond acceptors (Lipinski definition) is 5. The van der Waals surface area contributed by atoms with E-state index in [4.69, 9.17) is 5.73 Å². The van der Waals surface area contributed by atoms with Crippen LogP contribution in [0.2, 0.25) is 0 Å². The van der Waals surface area contributed by atoms with E-state index in [1.165, 1.54) is 11.9 Å². The van der Waals surface area contributed by atoms with Crippen molar-refractivity contribution in [3.05, 3.63) is 54.4 Å². The quantitative estimate of drug-likeness (QED) is 0.517. The summed E-state index contributed by atoms with van der Waals surface area (Å²) in [5, 5.41) is 3.69. The number of carbonyl (C=O) groups is 2. The summed E-state index contributed by atoms with van der Waals surface area (Å²) in [6.07, 6.45) is 8.23. The van der Waals surface area contributed by atoms with Gasteiger partial charge in [0.15, 0.2) is 0 Å². The topological polar surface area (TPSA) is 106 Å². The first kappa shape index (κ1) is 23.8. The number of carbonyl (C=O) groups excluding carboxylic acids is 2. The SMILES string of the molecule is C=C(C)C(=O)Nc1ccc(-c2c(C3=CC[C@H](C(=O)N4CCCC4)CC3)c3c(N)ncnc3n2C)cc1. The summed E-state index contributed by atoms with van der Waals surface area (Å²) in [6, 6.07) is 7.73. The molecule has 1 fully saturated rings. The average molecular weight is 485 g/mol. The molecule has 0 saturated carbocycles. The molecule has 3 aromatic rings. The lowest BCUT2D eigenvalue weighted by Gasteiger charge is -2.26. The van der Waals surface area contributed by atoms with Crippen molar-refractivity contribution in [2.75, 3.05) is 24.1 Å². The second kappa shape index (κ2) is 9.60. The molecule has 1 aliphatic carbocycles. The summed E-state index contributed by atoms with van der Waals surface area (Å²) >= 11 is 0. The Balaban J connectivity index is 1.53. The highest BCUT2D eigenvalue weighted by molar-refractivity contribution is 6.05. The minimum Gasteiger partial charge on any atom is -0.383 e. The van der Waals surface area contributed by atoms with Crippen LogP contribution >= 0.6 is 0 Å². The maximum atomic E-state index is 13.0. The van der Waals surface area contributed by atoms with Crippen molar-refractivity contribution in [2.24, 2.45) is 13.0 Å². The van der Waals surface area contributed by atoms with Crippen LogP contribution in [0, 0.1) is 5.92 Å². The highest BCUT2D eigenvalue weighted by Crippen LogP contribution is 2.43. The summed E-state index contributed by atoms with van der Waals surface area (Å²) in [7, 11) is 1.98. The van der Waals surface area contributed by atoms with E-state index in [1.54, 1.807) is 6.92 Å². The van der Waals surface area contributed by atoms with Gasteiger partial charge in [-0.2, -0.15) is 0 Å². The van der Waals surface area contributed by atoms with Crippen LogP contribution in [0.15, 0.2) is 48.8 Å². The number of benzene rings is 1. The molecule has 8 nitrogen and oxygen atoms in total. The molecule has 2 amide bonds. The Morgan fingerprint density at radius 1 is 1.14 bits per heavy atom. The predicted molar refractivity (Wildman–Crippen MR) is 143 cm³/mol. The van der Waals surface area contributed by atoms with Gasteiger partial charge in [0.25, 0.3) is 5.91 Å². The first-order valence-corrected chi connectivity index (χ1v) is 12.5. The van der Waals surface area contributed by atoms with Crippen molar-refractivity contribution < 1.29 is 9.59 Å². The minimum atomic E-state index is -0.207. The third-order valence-electron chi connectivity index (χ3n) is 7.30.